The molecule has 3 nitrogen and oxygen atoms in total. The maximum Gasteiger partial charge on any atom is 0.245 e. The number of likely N-dealkylation sites (N-methyl/N-ethyl adjacent to an activating group) is 1. The summed E-state index contributed by atoms with van der Waals surface area (Å²) < 4.78 is 0. The van der Waals surface area contributed by atoms with E-state index in [1.807, 2.05) is 18.8 Å². The second-order valence-corrected chi connectivity index (χ2v) is 7.39. The fourth-order valence-electron chi connectivity index (χ4n) is 2.94. The minimum absolute atomic E-state index is 0.133. The zero-order valence-corrected chi connectivity index (χ0v) is 12.9. The van der Waals surface area contributed by atoms with Gasteiger partial charge in [-0.1, -0.05) is 0 Å². The molecule has 104 valence electrons. The number of thiophene rings is 1. The minimum Gasteiger partial charge on any atom is -0.340 e. The van der Waals surface area contributed by atoms with Crippen molar-refractivity contribution in [2.24, 2.45) is 5.92 Å². The van der Waals surface area contributed by atoms with E-state index in [0.717, 1.165) is 19.5 Å². The van der Waals surface area contributed by atoms with Gasteiger partial charge in [0, 0.05) is 18.0 Å². The van der Waals surface area contributed by atoms with Gasteiger partial charge in [-0.2, -0.15) is 11.8 Å². The lowest BCUT2D eigenvalue weighted by Crippen LogP contribution is -2.41. The summed E-state index contributed by atoms with van der Waals surface area (Å²) in [5.74, 6) is 3.44. The van der Waals surface area contributed by atoms with Crippen molar-refractivity contribution in [2.75, 3.05) is 31.6 Å². The molecule has 2 atom stereocenters. The monoisotopic (exact) mass is 296 g/mol. The van der Waals surface area contributed by atoms with Gasteiger partial charge in [0.05, 0.1) is 0 Å². The Morgan fingerprint density at radius 3 is 3.16 bits per heavy atom. The van der Waals surface area contributed by atoms with Crippen LogP contribution >= 0.6 is 23.1 Å². The first-order valence-electron chi connectivity index (χ1n) is 6.89. The van der Waals surface area contributed by atoms with E-state index in [-0.39, 0.29) is 11.9 Å². The quantitative estimate of drug-likeness (QED) is 0.927. The number of nitrogens with zero attached hydrogens (tertiary/aromatic N) is 1. The summed E-state index contributed by atoms with van der Waals surface area (Å²) in [7, 11) is 1.89. The third kappa shape index (κ3) is 2.69. The van der Waals surface area contributed by atoms with Crippen LogP contribution in [0.25, 0.3) is 0 Å². The first-order valence-corrected chi connectivity index (χ1v) is 8.93. The molecule has 1 N–H and O–H groups in total. The SMILES string of the molecule is CNC1C(=O)N(CC2CCSC2)CCc2ccsc21. The van der Waals surface area contributed by atoms with E-state index in [4.69, 9.17) is 0 Å². The zero-order valence-electron chi connectivity index (χ0n) is 11.2. The topological polar surface area (TPSA) is 32.3 Å². The fraction of sp³-hybridized carbons (Fsp3) is 0.643. The van der Waals surface area contributed by atoms with Gasteiger partial charge in [0.15, 0.2) is 0 Å². The van der Waals surface area contributed by atoms with Crippen LogP contribution in [0, 0.1) is 5.92 Å². The molecule has 5 heteroatoms. The lowest BCUT2D eigenvalue weighted by atomic mass is 10.1. The molecule has 0 spiro atoms. The molecule has 1 fully saturated rings. The summed E-state index contributed by atoms with van der Waals surface area (Å²) in [6, 6.07) is 2.04. The van der Waals surface area contributed by atoms with E-state index in [0.29, 0.717) is 5.92 Å². The van der Waals surface area contributed by atoms with E-state index >= 15 is 0 Å². The fourth-order valence-corrected chi connectivity index (χ4v) is 5.27. The molecule has 19 heavy (non-hydrogen) atoms. The van der Waals surface area contributed by atoms with Crippen molar-refractivity contribution in [2.45, 2.75) is 18.9 Å². The van der Waals surface area contributed by atoms with Crippen molar-refractivity contribution in [3.05, 3.63) is 21.9 Å². The molecule has 1 saturated heterocycles. The highest BCUT2D eigenvalue weighted by Gasteiger charge is 2.32. The van der Waals surface area contributed by atoms with Crippen LogP contribution in [-0.2, 0) is 11.2 Å². The van der Waals surface area contributed by atoms with E-state index in [1.54, 1.807) is 11.3 Å². The lowest BCUT2D eigenvalue weighted by molar-refractivity contribution is -0.133. The van der Waals surface area contributed by atoms with Crippen LogP contribution in [-0.4, -0.2) is 42.4 Å². The Balaban J connectivity index is 1.77. The third-order valence-corrected chi connectivity index (χ3v) is 6.30. The molecule has 0 radical (unpaired) electrons. The van der Waals surface area contributed by atoms with Gasteiger partial charge >= 0.3 is 0 Å². The van der Waals surface area contributed by atoms with Crippen LogP contribution in [0.2, 0.25) is 0 Å². The van der Waals surface area contributed by atoms with Crippen LogP contribution in [0.15, 0.2) is 11.4 Å². The van der Waals surface area contributed by atoms with E-state index in [9.17, 15) is 4.79 Å². The standard InChI is InChI=1S/C14H20N2OS2/c1-15-12-13-11(4-7-19-13)2-5-16(14(12)17)8-10-3-6-18-9-10/h4,7,10,12,15H,2-3,5-6,8-9H2,1H3. The van der Waals surface area contributed by atoms with Crippen LogP contribution in [0.3, 0.4) is 0 Å². The Labute approximate surface area is 122 Å². The van der Waals surface area contributed by atoms with Gasteiger partial charge in [-0.25, -0.2) is 0 Å². The largest absolute Gasteiger partial charge is 0.340 e. The normalized spacial score (nSPS) is 27.4. The van der Waals surface area contributed by atoms with Crippen molar-refractivity contribution in [1.29, 1.82) is 0 Å². The molecule has 3 rings (SSSR count). The summed E-state index contributed by atoms with van der Waals surface area (Å²) in [4.78, 5) is 16.0. The van der Waals surface area contributed by atoms with Crippen molar-refractivity contribution >= 4 is 29.0 Å². The average Bonchev–Trinajstić information content (AvgIpc) is 3.04. The van der Waals surface area contributed by atoms with Crippen LogP contribution in [0.4, 0.5) is 0 Å². The second kappa shape index (κ2) is 5.85. The van der Waals surface area contributed by atoms with Crippen LogP contribution in [0.5, 0.6) is 0 Å². The first-order chi connectivity index (χ1) is 9.29. The summed E-state index contributed by atoms with van der Waals surface area (Å²) >= 11 is 3.73. The van der Waals surface area contributed by atoms with Crippen molar-refractivity contribution in [1.82, 2.24) is 10.2 Å². The Morgan fingerprint density at radius 1 is 1.53 bits per heavy atom. The van der Waals surface area contributed by atoms with Gasteiger partial charge in [-0.05, 0) is 54.3 Å². The molecule has 1 aromatic heterocycles. The van der Waals surface area contributed by atoms with Crippen LogP contribution < -0.4 is 5.32 Å². The third-order valence-electron chi connectivity index (χ3n) is 4.04. The molecular weight excluding hydrogens is 276 g/mol. The summed E-state index contributed by atoms with van der Waals surface area (Å²) in [6.45, 7) is 1.82. The summed E-state index contributed by atoms with van der Waals surface area (Å²) in [5, 5.41) is 5.31. The molecule has 0 saturated carbocycles. The summed E-state index contributed by atoms with van der Waals surface area (Å²) in [6.07, 6.45) is 2.27. The van der Waals surface area contributed by atoms with Gasteiger partial charge in [0.25, 0.3) is 0 Å². The highest BCUT2D eigenvalue weighted by atomic mass is 32.2. The Kier molecular flexibility index (Phi) is 4.15. The summed E-state index contributed by atoms with van der Waals surface area (Å²) in [5.41, 5.74) is 1.35. The van der Waals surface area contributed by atoms with Gasteiger partial charge in [0.2, 0.25) is 5.91 Å². The predicted molar refractivity (Wildman–Crippen MR) is 81.8 cm³/mol. The molecule has 0 bridgehead atoms. The number of amides is 1. The van der Waals surface area contributed by atoms with Gasteiger partial charge < -0.3 is 10.2 Å². The number of nitrogens with one attached hydrogen (secondary N) is 1. The van der Waals surface area contributed by atoms with Crippen LogP contribution in [0.1, 0.15) is 22.9 Å². The maximum atomic E-state index is 12.7. The Morgan fingerprint density at radius 2 is 2.42 bits per heavy atom. The maximum absolute atomic E-state index is 12.7. The number of hydrogen-bond donors (Lipinski definition) is 1. The lowest BCUT2D eigenvalue weighted by Gasteiger charge is -2.26. The predicted octanol–water partition coefficient (Wildman–Crippen LogP) is 2.15. The number of carbonyl (C=O) groups is 1. The number of thioether (sulfide) groups is 1. The van der Waals surface area contributed by atoms with E-state index in [2.05, 4.69) is 21.7 Å². The number of hydrogen-bond acceptors (Lipinski definition) is 4. The van der Waals surface area contributed by atoms with Gasteiger partial charge in [0.1, 0.15) is 6.04 Å². The van der Waals surface area contributed by atoms with E-state index < -0.39 is 0 Å². The second-order valence-electron chi connectivity index (χ2n) is 5.30. The highest BCUT2D eigenvalue weighted by molar-refractivity contribution is 7.99. The molecule has 3 heterocycles. The van der Waals surface area contributed by atoms with E-state index in [1.165, 1.54) is 28.4 Å². The minimum atomic E-state index is -0.133. The highest BCUT2D eigenvalue weighted by Crippen LogP contribution is 2.31. The van der Waals surface area contributed by atoms with Crippen molar-refractivity contribution in [3.8, 4) is 0 Å². The van der Waals surface area contributed by atoms with Gasteiger partial charge in [-0.15, -0.1) is 11.3 Å². The van der Waals surface area contributed by atoms with Gasteiger partial charge in [-0.3, -0.25) is 4.79 Å². The average molecular weight is 296 g/mol. The Hall–Kier alpha value is -0.520. The van der Waals surface area contributed by atoms with Crippen molar-refractivity contribution < 1.29 is 4.79 Å². The molecule has 2 aliphatic heterocycles. The molecule has 0 aromatic carbocycles. The zero-order chi connectivity index (χ0) is 13.2. The molecule has 2 aliphatic rings. The molecule has 1 aromatic rings. The number of carbonyl (C=O) groups excluding carboxylic acids is 1. The van der Waals surface area contributed by atoms with Crippen molar-refractivity contribution in [3.63, 3.8) is 0 Å². The molecule has 2 unspecified atom stereocenters. The number of rotatable bonds is 3. The smallest absolute Gasteiger partial charge is 0.245 e. The molecule has 1 amide bonds. The first kappa shape index (κ1) is 13.5. The number of fused-ring (bicyclic) bond motifs is 1. The molecular formula is C14H20N2OS2. The molecule has 0 aliphatic carbocycles. The Bertz CT molecular complexity index is 454.